The minimum Gasteiger partial charge on any atom is -0.393 e. The van der Waals surface area contributed by atoms with Crippen molar-refractivity contribution in [2.45, 2.75) is 30.0 Å². The van der Waals surface area contributed by atoms with Crippen LogP contribution in [0, 0.1) is 11.3 Å². The van der Waals surface area contributed by atoms with Crippen LogP contribution in [0.25, 0.3) is 0 Å². The van der Waals surface area contributed by atoms with E-state index < -0.39 is 38.3 Å². The number of aliphatic hydroxyl groups is 1. The molecule has 1 saturated heterocycles. The molecule has 0 bridgehead atoms. The van der Waals surface area contributed by atoms with Gasteiger partial charge >= 0.3 is 6.18 Å². The normalized spacial score (nSPS) is 18.1. The maximum atomic E-state index is 12.9. The highest BCUT2D eigenvalue weighted by Crippen LogP contribution is 2.34. The van der Waals surface area contributed by atoms with E-state index in [0.29, 0.717) is 6.07 Å². The Labute approximate surface area is 125 Å². The summed E-state index contributed by atoms with van der Waals surface area (Å²) in [6.07, 6.45) is -4.93. The second-order valence-corrected chi connectivity index (χ2v) is 6.89. The number of hydrogen-bond donors (Lipinski definition) is 1. The molecule has 1 aromatic rings. The molecule has 0 aromatic heterocycles. The quantitative estimate of drug-likeness (QED) is 0.893. The molecule has 9 heteroatoms. The van der Waals surface area contributed by atoms with Crippen LogP contribution >= 0.6 is 0 Å². The number of sulfonamides is 1. The van der Waals surface area contributed by atoms with Gasteiger partial charge in [0, 0.05) is 13.1 Å². The highest BCUT2D eigenvalue weighted by atomic mass is 32.2. The Bertz CT molecular complexity index is 702. The summed E-state index contributed by atoms with van der Waals surface area (Å²) in [5, 5.41) is 18.1. The van der Waals surface area contributed by atoms with Crippen LogP contribution < -0.4 is 0 Å². The molecular weight excluding hydrogens is 321 g/mol. The summed E-state index contributed by atoms with van der Waals surface area (Å²) >= 11 is 0. The third kappa shape index (κ3) is 3.24. The molecule has 0 aliphatic carbocycles. The SMILES string of the molecule is N#Cc1ccc(S(=O)(=O)N2CCC(O)CC2)cc1C(F)(F)F. The fourth-order valence-corrected chi connectivity index (χ4v) is 3.74. The maximum absolute atomic E-state index is 12.9. The number of alkyl halides is 3. The zero-order chi connectivity index (χ0) is 16.5. The van der Waals surface area contributed by atoms with E-state index in [-0.39, 0.29) is 25.9 Å². The van der Waals surface area contributed by atoms with E-state index in [4.69, 9.17) is 5.26 Å². The second-order valence-electron chi connectivity index (χ2n) is 4.95. The molecule has 1 aromatic carbocycles. The van der Waals surface area contributed by atoms with Gasteiger partial charge in [0.05, 0.1) is 28.2 Å². The number of nitrogens with zero attached hydrogens (tertiary/aromatic N) is 2. The Kier molecular flexibility index (Phi) is 4.47. The van der Waals surface area contributed by atoms with Crippen LogP contribution in [0.1, 0.15) is 24.0 Å². The Hall–Kier alpha value is -1.63. The Morgan fingerprint density at radius 3 is 2.36 bits per heavy atom. The summed E-state index contributed by atoms with van der Waals surface area (Å²) in [5.74, 6) is 0. The predicted molar refractivity (Wildman–Crippen MR) is 70.2 cm³/mol. The summed E-state index contributed by atoms with van der Waals surface area (Å²) in [7, 11) is -4.08. The van der Waals surface area contributed by atoms with Crippen LogP contribution in [0.3, 0.4) is 0 Å². The van der Waals surface area contributed by atoms with E-state index in [2.05, 4.69) is 0 Å². The number of nitriles is 1. The predicted octanol–water partition coefficient (Wildman–Crippen LogP) is 1.72. The summed E-state index contributed by atoms with van der Waals surface area (Å²) in [6, 6.07) is 3.74. The third-order valence-corrected chi connectivity index (χ3v) is 5.37. The van der Waals surface area contributed by atoms with E-state index in [1.165, 1.54) is 6.07 Å². The van der Waals surface area contributed by atoms with Gasteiger partial charge in [-0.05, 0) is 31.0 Å². The van der Waals surface area contributed by atoms with Crippen molar-refractivity contribution in [3.8, 4) is 6.07 Å². The first-order valence-corrected chi connectivity index (χ1v) is 7.90. The van der Waals surface area contributed by atoms with Gasteiger partial charge in [0.15, 0.2) is 0 Å². The summed E-state index contributed by atoms with van der Waals surface area (Å²) in [5.41, 5.74) is -1.89. The molecule has 0 radical (unpaired) electrons. The van der Waals surface area contributed by atoms with Crippen LogP contribution in [0.15, 0.2) is 23.1 Å². The van der Waals surface area contributed by atoms with Crippen molar-refractivity contribution in [3.63, 3.8) is 0 Å². The number of rotatable bonds is 2. The van der Waals surface area contributed by atoms with Gasteiger partial charge in [0.2, 0.25) is 10.0 Å². The van der Waals surface area contributed by atoms with Gasteiger partial charge < -0.3 is 5.11 Å². The molecule has 1 fully saturated rings. The van der Waals surface area contributed by atoms with Gasteiger partial charge in [0.25, 0.3) is 0 Å². The topological polar surface area (TPSA) is 81.4 Å². The number of benzene rings is 1. The number of halogens is 3. The molecular formula is C13H13F3N2O3S. The Morgan fingerprint density at radius 2 is 1.86 bits per heavy atom. The first kappa shape index (κ1) is 16.7. The number of aliphatic hydroxyl groups excluding tert-OH is 1. The highest BCUT2D eigenvalue weighted by molar-refractivity contribution is 7.89. The molecule has 120 valence electrons. The van der Waals surface area contributed by atoms with Crippen LogP contribution in [0.4, 0.5) is 13.2 Å². The standard InChI is InChI=1S/C13H13F3N2O3S/c14-13(15,16)12-7-11(2-1-9(12)8-17)22(20,21)18-5-3-10(19)4-6-18/h1-2,7,10,19H,3-6H2. The minimum absolute atomic E-state index is 0.0465. The fourth-order valence-electron chi connectivity index (χ4n) is 2.25. The number of hydrogen-bond acceptors (Lipinski definition) is 4. The lowest BCUT2D eigenvalue weighted by Crippen LogP contribution is -2.40. The van der Waals surface area contributed by atoms with Crippen LogP contribution in [-0.4, -0.2) is 37.0 Å². The summed E-state index contributed by atoms with van der Waals surface area (Å²) < 4.78 is 64.5. The average molecular weight is 334 g/mol. The smallest absolute Gasteiger partial charge is 0.393 e. The molecule has 22 heavy (non-hydrogen) atoms. The molecule has 1 N–H and O–H groups in total. The zero-order valence-electron chi connectivity index (χ0n) is 11.3. The molecule has 1 aliphatic rings. The highest BCUT2D eigenvalue weighted by Gasteiger charge is 2.36. The van der Waals surface area contributed by atoms with Crippen molar-refractivity contribution >= 4 is 10.0 Å². The van der Waals surface area contributed by atoms with Gasteiger partial charge in [-0.3, -0.25) is 0 Å². The van der Waals surface area contributed by atoms with Gasteiger partial charge in [0.1, 0.15) is 0 Å². The van der Waals surface area contributed by atoms with Crippen molar-refractivity contribution in [1.82, 2.24) is 4.31 Å². The van der Waals surface area contributed by atoms with Gasteiger partial charge in [-0.25, -0.2) is 8.42 Å². The minimum atomic E-state index is -4.81. The lowest BCUT2D eigenvalue weighted by molar-refractivity contribution is -0.137. The van der Waals surface area contributed by atoms with E-state index in [0.717, 1.165) is 16.4 Å². The first-order valence-electron chi connectivity index (χ1n) is 6.46. The fraction of sp³-hybridized carbons (Fsp3) is 0.462. The summed E-state index contributed by atoms with van der Waals surface area (Å²) in [6.45, 7) is 0.0930. The third-order valence-electron chi connectivity index (χ3n) is 3.48. The largest absolute Gasteiger partial charge is 0.417 e. The molecule has 1 aliphatic heterocycles. The maximum Gasteiger partial charge on any atom is 0.417 e. The lowest BCUT2D eigenvalue weighted by Gasteiger charge is -2.28. The zero-order valence-corrected chi connectivity index (χ0v) is 12.2. The Morgan fingerprint density at radius 1 is 1.27 bits per heavy atom. The summed E-state index contributed by atoms with van der Waals surface area (Å²) in [4.78, 5) is -0.504. The molecule has 0 saturated carbocycles. The number of piperidine rings is 1. The molecule has 0 unspecified atom stereocenters. The average Bonchev–Trinajstić information content (AvgIpc) is 2.46. The van der Waals surface area contributed by atoms with Gasteiger partial charge in [-0.2, -0.15) is 22.7 Å². The van der Waals surface area contributed by atoms with Crippen LogP contribution in [-0.2, 0) is 16.2 Å². The lowest BCUT2D eigenvalue weighted by atomic mass is 10.1. The Balaban J connectivity index is 2.42. The molecule has 2 rings (SSSR count). The van der Waals surface area contributed by atoms with Crippen LogP contribution in [0.5, 0.6) is 0 Å². The van der Waals surface area contributed by atoms with Crippen LogP contribution in [0.2, 0.25) is 0 Å². The van der Waals surface area contributed by atoms with E-state index in [9.17, 15) is 26.7 Å². The molecule has 0 atom stereocenters. The van der Waals surface area contributed by atoms with Crippen molar-refractivity contribution < 1.29 is 26.7 Å². The molecule has 0 spiro atoms. The first-order chi connectivity index (χ1) is 10.2. The van der Waals surface area contributed by atoms with E-state index >= 15 is 0 Å². The van der Waals surface area contributed by atoms with Crippen molar-refractivity contribution in [2.75, 3.05) is 13.1 Å². The van der Waals surface area contributed by atoms with E-state index in [1.807, 2.05) is 0 Å². The van der Waals surface area contributed by atoms with Crippen molar-refractivity contribution in [1.29, 1.82) is 5.26 Å². The monoisotopic (exact) mass is 334 g/mol. The van der Waals surface area contributed by atoms with E-state index in [1.54, 1.807) is 0 Å². The van der Waals surface area contributed by atoms with Gasteiger partial charge in [-0.15, -0.1) is 0 Å². The van der Waals surface area contributed by atoms with Crippen molar-refractivity contribution in [2.24, 2.45) is 0 Å². The second kappa shape index (κ2) is 5.87. The van der Waals surface area contributed by atoms with Crippen molar-refractivity contribution in [3.05, 3.63) is 29.3 Å². The molecule has 0 amide bonds. The van der Waals surface area contributed by atoms with Gasteiger partial charge in [-0.1, -0.05) is 0 Å². The molecule has 1 heterocycles. The molecule has 5 nitrogen and oxygen atoms in total.